The third kappa shape index (κ3) is 2.92. The standard InChI is InChI=1S/C17H16N2S/c1-14(6-7-15-9-11-20-13-15)8-10-19-17-5-3-2-4-16(17)12-18-19/h2-5,9,11-14H,8,10H2,1H3. The first kappa shape index (κ1) is 13.0. The van der Waals surface area contributed by atoms with Crippen LogP contribution in [0.2, 0.25) is 0 Å². The summed E-state index contributed by atoms with van der Waals surface area (Å²) in [5.41, 5.74) is 2.32. The molecule has 0 amide bonds. The number of para-hydroxylation sites is 1. The Labute approximate surface area is 123 Å². The quantitative estimate of drug-likeness (QED) is 0.658. The Morgan fingerprint density at radius 2 is 2.20 bits per heavy atom. The van der Waals surface area contributed by atoms with Gasteiger partial charge in [-0.15, -0.1) is 0 Å². The number of benzene rings is 1. The van der Waals surface area contributed by atoms with E-state index in [1.54, 1.807) is 11.3 Å². The molecule has 0 radical (unpaired) electrons. The number of hydrogen-bond donors (Lipinski definition) is 0. The third-order valence-electron chi connectivity index (χ3n) is 3.31. The lowest BCUT2D eigenvalue weighted by Gasteiger charge is -2.05. The second-order valence-corrected chi connectivity index (χ2v) is 5.68. The van der Waals surface area contributed by atoms with Crippen LogP contribution >= 0.6 is 11.3 Å². The average Bonchev–Trinajstić information content (AvgIpc) is 3.12. The van der Waals surface area contributed by atoms with Gasteiger partial charge in [-0.25, -0.2) is 0 Å². The van der Waals surface area contributed by atoms with Crippen LogP contribution in [0, 0.1) is 17.8 Å². The van der Waals surface area contributed by atoms with E-state index < -0.39 is 0 Å². The van der Waals surface area contributed by atoms with Gasteiger partial charge in [-0.05, 0) is 23.9 Å². The molecule has 3 aromatic rings. The van der Waals surface area contributed by atoms with Crippen molar-refractivity contribution in [2.45, 2.75) is 19.9 Å². The molecule has 1 aromatic carbocycles. The first-order valence-electron chi connectivity index (χ1n) is 6.77. The Bertz CT molecular complexity index is 744. The summed E-state index contributed by atoms with van der Waals surface area (Å²) in [6.07, 6.45) is 2.94. The lowest BCUT2D eigenvalue weighted by molar-refractivity contribution is 0.537. The van der Waals surface area contributed by atoms with Gasteiger partial charge in [-0.3, -0.25) is 4.68 Å². The van der Waals surface area contributed by atoms with Crippen molar-refractivity contribution in [3.05, 3.63) is 52.9 Å². The zero-order valence-corrected chi connectivity index (χ0v) is 12.2. The van der Waals surface area contributed by atoms with E-state index in [-0.39, 0.29) is 0 Å². The van der Waals surface area contributed by atoms with E-state index in [9.17, 15) is 0 Å². The lowest BCUT2D eigenvalue weighted by Crippen LogP contribution is -2.03. The number of rotatable bonds is 3. The molecule has 0 saturated heterocycles. The molecular weight excluding hydrogens is 264 g/mol. The zero-order valence-electron chi connectivity index (χ0n) is 11.4. The number of fused-ring (bicyclic) bond motifs is 1. The van der Waals surface area contributed by atoms with Gasteiger partial charge in [-0.1, -0.05) is 37.0 Å². The normalized spacial score (nSPS) is 12.1. The first-order valence-corrected chi connectivity index (χ1v) is 7.71. The molecule has 20 heavy (non-hydrogen) atoms. The smallest absolute Gasteiger partial charge is 0.0682 e. The monoisotopic (exact) mass is 280 g/mol. The Morgan fingerprint density at radius 3 is 3.05 bits per heavy atom. The summed E-state index contributed by atoms with van der Waals surface area (Å²) in [6, 6.07) is 10.4. The second kappa shape index (κ2) is 5.94. The van der Waals surface area contributed by atoms with E-state index in [1.807, 2.05) is 12.3 Å². The van der Waals surface area contributed by atoms with E-state index >= 15 is 0 Å². The molecule has 0 fully saturated rings. The number of hydrogen-bond acceptors (Lipinski definition) is 2. The van der Waals surface area contributed by atoms with Crippen LogP contribution in [0.3, 0.4) is 0 Å². The van der Waals surface area contributed by atoms with Crippen molar-refractivity contribution in [2.75, 3.05) is 0 Å². The maximum absolute atomic E-state index is 4.45. The summed E-state index contributed by atoms with van der Waals surface area (Å²) in [5.74, 6) is 6.91. The van der Waals surface area contributed by atoms with E-state index in [0.717, 1.165) is 18.5 Å². The molecular formula is C17H16N2S. The van der Waals surface area contributed by atoms with Crippen LogP contribution in [-0.4, -0.2) is 9.78 Å². The van der Waals surface area contributed by atoms with Gasteiger partial charge in [0.05, 0.1) is 11.7 Å². The van der Waals surface area contributed by atoms with Crippen molar-refractivity contribution >= 4 is 22.2 Å². The summed E-state index contributed by atoms with van der Waals surface area (Å²) in [5, 5.41) is 9.79. The fraction of sp³-hybridized carbons (Fsp3) is 0.235. The number of aromatic nitrogens is 2. The topological polar surface area (TPSA) is 17.8 Å². The summed E-state index contributed by atoms with van der Waals surface area (Å²) in [4.78, 5) is 0. The predicted molar refractivity (Wildman–Crippen MR) is 84.7 cm³/mol. The number of thiophene rings is 1. The molecule has 2 nitrogen and oxygen atoms in total. The van der Waals surface area contributed by atoms with Crippen molar-refractivity contribution in [2.24, 2.45) is 5.92 Å². The zero-order chi connectivity index (χ0) is 13.8. The molecule has 0 bridgehead atoms. The fourth-order valence-corrected chi connectivity index (χ4v) is 2.72. The van der Waals surface area contributed by atoms with Crippen molar-refractivity contribution in [1.82, 2.24) is 9.78 Å². The minimum Gasteiger partial charge on any atom is -0.265 e. The van der Waals surface area contributed by atoms with Gasteiger partial charge in [0.15, 0.2) is 0 Å². The van der Waals surface area contributed by atoms with E-state index in [4.69, 9.17) is 0 Å². The average molecular weight is 280 g/mol. The van der Waals surface area contributed by atoms with Gasteiger partial charge in [-0.2, -0.15) is 16.4 Å². The molecule has 0 aliphatic heterocycles. The molecule has 2 heterocycles. The summed E-state index contributed by atoms with van der Waals surface area (Å²) >= 11 is 1.69. The van der Waals surface area contributed by atoms with E-state index in [1.165, 1.54) is 10.9 Å². The molecule has 0 spiro atoms. The van der Waals surface area contributed by atoms with Gasteiger partial charge in [0.2, 0.25) is 0 Å². The first-order chi connectivity index (χ1) is 9.83. The molecule has 0 aliphatic rings. The summed E-state index contributed by atoms with van der Waals surface area (Å²) in [7, 11) is 0. The molecule has 0 aliphatic carbocycles. The van der Waals surface area contributed by atoms with Gasteiger partial charge in [0.25, 0.3) is 0 Å². The van der Waals surface area contributed by atoms with E-state index in [0.29, 0.717) is 5.92 Å². The van der Waals surface area contributed by atoms with Crippen LogP contribution in [0.1, 0.15) is 18.9 Å². The Hall–Kier alpha value is -2.05. The maximum Gasteiger partial charge on any atom is 0.0682 e. The molecule has 2 aromatic heterocycles. The van der Waals surface area contributed by atoms with Crippen LogP contribution in [0.25, 0.3) is 10.9 Å². The highest BCUT2D eigenvalue weighted by molar-refractivity contribution is 7.08. The SMILES string of the molecule is CC(C#Cc1ccsc1)CCn1ncc2ccccc21. The van der Waals surface area contributed by atoms with E-state index in [2.05, 4.69) is 63.6 Å². The van der Waals surface area contributed by atoms with Crippen LogP contribution in [0.15, 0.2) is 47.3 Å². The Balaban J connectivity index is 1.64. The number of nitrogens with zero attached hydrogens (tertiary/aromatic N) is 2. The molecule has 3 heteroatoms. The molecule has 100 valence electrons. The van der Waals surface area contributed by atoms with Crippen molar-refractivity contribution in [3.8, 4) is 11.8 Å². The van der Waals surface area contributed by atoms with Crippen LogP contribution in [0.4, 0.5) is 0 Å². The van der Waals surface area contributed by atoms with Gasteiger partial charge < -0.3 is 0 Å². The predicted octanol–water partition coefficient (Wildman–Crippen LogP) is 4.18. The lowest BCUT2D eigenvalue weighted by atomic mass is 10.1. The highest BCUT2D eigenvalue weighted by Gasteiger charge is 2.03. The molecule has 3 rings (SSSR count). The molecule has 0 saturated carbocycles. The van der Waals surface area contributed by atoms with Crippen molar-refractivity contribution < 1.29 is 0 Å². The minimum absolute atomic E-state index is 0.373. The largest absolute Gasteiger partial charge is 0.265 e. The Morgan fingerprint density at radius 1 is 1.30 bits per heavy atom. The van der Waals surface area contributed by atoms with Crippen LogP contribution in [0.5, 0.6) is 0 Å². The minimum atomic E-state index is 0.373. The molecule has 0 N–H and O–H groups in total. The third-order valence-corrected chi connectivity index (χ3v) is 3.99. The van der Waals surface area contributed by atoms with Crippen LogP contribution < -0.4 is 0 Å². The van der Waals surface area contributed by atoms with Crippen molar-refractivity contribution in [1.29, 1.82) is 0 Å². The van der Waals surface area contributed by atoms with Crippen molar-refractivity contribution in [3.63, 3.8) is 0 Å². The maximum atomic E-state index is 4.45. The highest BCUT2D eigenvalue weighted by atomic mass is 32.1. The van der Waals surface area contributed by atoms with Crippen LogP contribution in [-0.2, 0) is 6.54 Å². The molecule has 1 unspecified atom stereocenters. The number of aryl methyl sites for hydroxylation is 1. The summed E-state index contributed by atoms with van der Waals surface area (Å²) < 4.78 is 2.07. The van der Waals surface area contributed by atoms with Gasteiger partial charge >= 0.3 is 0 Å². The highest BCUT2D eigenvalue weighted by Crippen LogP contribution is 2.14. The Kier molecular flexibility index (Phi) is 3.85. The van der Waals surface area contributed by atoms with Gasteiger partial charge in [0.1, 0.15) is 0 Å². The molecule has 1 atom stereocenters. The fourth-order valence-electron chi connectivity index (χ4n) is 2.13. The summed E-state index contributed by atoms with van der Waals surface area (Å²) in [6.45, 7) is 3.08. The van der Waals surface area contributed by atoms with Gasteiger partial charge in [0, 0.05) is 28.8 Å². The second-order valence-electron chi connectivity index (χ2n) is 4.90.